The summed E-state index contributed by atoms with van der Waals surface area (Å²) in [4.78, 5) is 16.0. The quantitative estimate of drug-likeness (QED) is 0.778. The van der Waals surface area contributed by atoms with E-state index in [0.717, 1.165) is 11.0 Å². The Hall–Kier alpha value is -1.92. The van der Waals surface area contributed by atoms with Crippen molar-refractivity contribution < 1.29 is 14.6 Å². The lowest BCUT2D eigenvalue weighted by Gasteiger charge is -2.11. The van der Waals surface area contributed by atoms with Crippen molar-refractivity contribution in [1.82, 2.24) is 14.9 Å². The summed E-state index contributed by atoms with van der Waals surface area (Å²) in [6, 6.07) is 7.61. The van der Waals surface area contributed by atoms with Crippen LogP contribution >= 0.6 is 0 Å². The summed E-state index contributed by atoms with van der Waals surface area (Å²) >= 11 is 0. The fourth-order valence-electron chi connectivity index (χ4n) is 1.83. The van der Waals surface area contributed by atoms with E-state index in [1.54, 1.807) is 10.9 Å². The van der Waals surface area contributed by atoms with Crippen LogP contribution in [0.5, 0.6) is 0 Å². The average Bonchev–Trinajstić information content (AvgIpc) is 2.80. The standard InChI is InChI=1S/C13H17N3O3/c1-19-8-10(17)6-14-13(18)7-16-9-15-11-4-2-3-5-12(11)16/h2-5,9-10,17H,6-8H2,1H3,(H,14,18). The summed E-state index contributed by atoms with van der Waals surface area (Å²) in [5.74, 6) is -0.168. The number of aromatic nitrogens is 2. The second-order valence-electron chi connectivity index (χ2n) is 4.27. The lowest BCUT2D eigenvalue weighted by atomic mass is 10.3. The van der Waals surface area contributed by atoms with Gasteiger partial charge in [0.2, 0.25) is 5.91 Å². The van der Waals surface area contributed by atoms with Crippen molar-refractivity contribution in [2.45, 2.75) is 12.6 Å². The van der Waals surface area contributed by atoms with Gasteiger partial charge in [0.05, 0.1) is 30.1 Å². The highest BCUT2D eigenvalue weighted by Gasteiger charge is 2.09. The predicted molar refractivity (Wildman–Crippen MR) is 70.6 cm³/mol. The maximum Gasteiger partial charge on any atom is 0.240 e. The summed E-state index contributed by atoms with van der Waals surface area (Å²) in [6.45, 7) is 0.563. The third kappa shape index (κ3) is 3.52. The van der Waals surface area contributed by atoms with E-state index in [4.69, 9.17) is 4.74 Å². The Labute approximate surface area is 111 Å². The third-order valence-electron chi connectivity index (χ3n) is 2.74. The van der Waals surface area contributed by atoms with Crippen LogP contribution in [0.25, 0.3) is 11.0 Å². The molecule has 0 aliphatic rings. The molecule has 6 nitrogen and oxygen atoms in total. The van der Waals surface area contributed by atoms with Crippen LogP contribution in [-0.2, 0) is 16.1 Å². The molecule has 0 saturated carbocycles. The number of methoxy groups -OCH3 is 1. The Morgan fingerprint density at radius 3 is 3.11 bits per heavy atom. The van der Waals surface area contributed by atoms with Gasteiger partial charge in [-0.3, -0.25) is 4.79 Å². The molecular formula is C13H17N3O3. The van der Waals surface area contributed by atoms with Gasteiger partial charge >= 0.3 is 0 Å². The molecule has 2 aromatic rings. The molecule has 0 spiro atoms. The lowest BCUT2D eigenvalue weighted by molar-refractivity contribution is -0.122. The van der Waals surface area contributed by atoms with Gasteiger partial charge in [-0.1, -0.05) is 12.1 Å². The number of carbonyl (C=O) groups is 1. The van der Waals surface area contributed by atoms with Crippen LogP contribution in [0.1, 0.15) is 0 Å². The number of amides is 1. The molecule has 0 saturated heterocycles. The van der Waals surface area contributed by atoms with Crippen molar-refractivity contribution >= 4 is 16.9 Å². The van der Waals surface area contributed by atoms with E-state index in [9.17, 15) is 9.90 Å². The van der Waals surface area contributed by atoms with E-state index < -0.39 is 6.10 Å². The van der Waals surface area contributed by atoms with Crippen LogP contribution in [0, 0.1) is 0 Å². The highest BCUT2D eigenvalue weighted by atomic mass is 16.5. The SMILES string of the molecule is COCC(O)CNC(=O)Cn1cnc2ccccc21. The van der Waals surface area contributed by atoms with E-state index in [1.165, 1.54) is 7.11 Å². The van der Waals surface area contributed by atoms with Crippen LogP contribution in [0.2, 0.25) is 0 Å². The van der Waals surface area contributed by atoms with Crippen LogP contribution in [0.3, 0.4) is 0 Å². The number of carbonyl (C=O) groups excluding carboxylic acids is 1. The zero-order chi connectivity index (χ0) is 13.7. The second-order valence-corrected chi connectivity index (χ2v) is 4.27. The number of aliphatic hydroxyl groups excluding tert-OH is 1. The van der Waals surface area contributed by atoms with Crippen LogP contribution in [-0.4, -0.2) is 46.9 Å². The smallest absolute Gasteiger partial charge is 0.240 e. The number of fused-ring (bicyclic) bond motifs is 1. The molecule has 1 atom stereocenters. The van der Waals surface area contributed by atoms with Crippen molar-refractivity contribution in [2.75, 3.05) is 20.3 Å². The second kappa shape index (κ2) is 6.31. The van der Waals surface area contributed by atoms with Crippen LogP contribution in [0.4, 0.5) is 0 Å². The van der Waals surface area contributed by atoms with Gasteiger partial charge in [0.15, 0.2) is 0 Å². The molecular weight excluding hydrogens is 246 g/mol. The highest BCUT2D eigenvalue weighted by molar-refractivity contribution is 5.80. The summed E-state index contributed by atoms with van der Waals surface area (Å²) < 4.78 is 6.55. The van der Waals surface area contributed by atoms with E-state index in [0.29, 0.717) is 0 Å². The predicted octanol–water partition coefficient (Wildman–Crippen LogP) is 0.160. The van der Waals surface area contributed by atoms with E-state index >= 15 is 0 Å². The molecule has 1 unspecified atom stereocenters. The molecule has 0 fully saturated rings. The van der Waals surface area contributed by atoms with E-state index in [-0.39, 0.29) is 25.6 Å². The molecule has 1 aromatic carbocycles. The van der Waals surface area contributed by atoms with Gasteiger partial charge in [0.1, 0.15) is 6.54 Å². The Kier molecular flexibility index (Phi) is 4.48. The number of benzene rings is 1. The molecule has 0 bridgehead atoms. The van der Waals surface area contributed by atoms with Crippen LogP contribution in [0.15, 0.2) is 30.6 Å². The first-order valence-electron chi connectivity index (χ1n) is 6.04. The summed E-state index contributed by atoms with van der Waals surface area (Å²) in [5, 5.41) is 12.1. The molecule has 0 aliphatic carbocycles. The first-order valence-corrected chi connectivity index (χ1v) is 6.04. The van der Waals surface area contributed by atoms with Crippen molar-refractivity contribution in [1.29, 1.82) is 0 Å². The number of nitrogens with zero attached hydrogens (tertiary/aromatic N) is 2. The molecule has 102 valence electrons. The minimum Gasteiger partial charge on any atom is -0.389 e. The molecule has 0 aliphatic heterocycles. The van der Waals surface area contributed by atoms with E-state index in [2.05, 4.69) is 10.3 Å². The van der Waals surface area contributed by atoms with Gasteiger partial charge in [-0.25, -0.2) is 4.98 Å². The van der Waals surface area contributed by atoms with Gasteiger partial charge in [0, 0.05) is 13.7 Å². The number of aliphatic hydroxyl groups is 1. The maximum absolute atomic E-state index is 11.8. The summed E-state index contributed by atoms with van der Waals surface area (Å²) in [5.41, 5.74) is 1.77. The molecule has 2 rings (SSSR count). The minimum atomic E-state index is -0.687. The molecule has 1 aromatic heterocycles. The zero-order valence-corrected chi connectivity index (χ0v) is 10.7. The lowest BCUT2D eigenvalue weighted by Crippen LogP contribution is -2.36. The monoisotopic (exact) mass is 263 g/mol. The molecule has 1 heterocycles. The van der Waals surface area contributed by atoms with Gasteiger partial charge in [-0.2, -0.15) is 0 Å². The number of nitrogens with one attached hydrogen (secondary N) is 1. The van der Waals surface area contributed by atoms with Crippen molar-refractivity contribution in [3.63, 3.8) is 0 Å². The Balaban J connectivity index is 1.92. The molecule has 6 heteroatoms. The number of rotatable bonds is 6. The molecule has 1 amide bonds. The highest BCUT2D eigenvalue weighted by Crippen LogP contribution is 2.11. The maximum atomic E-state index is 11.8. The fourth-order valence-corrected chi connectivity index (χ4v) is 1.83. The fraction of sp³-hybridized carbons (Fsp3) is 0.385. The Morgan fingerprint density at radius 1 is 1.53 bits per heavy atom. The minimum absolute atomic E-state index is 0.168. The van der Waals surface area contributed by atoms with Gasteiger partial charge < -0.3 is 19.7 Å². The topological polar surface area (TPSA) is 76.4 Å². The zero-order valence-electron chi connectivity index (χ0n) is 10.7. The third-order valence-corrected chi connectivity index (χ3v) is 2.74. The Morgan fingerprint density at radius 2 is 2.32 bits per heavy atom. The van der Waals surface area contributed by atoms with Crippen molar-refractivity contribution in [2.24, 2.45) is 0 Å². The number of hydrogen-bond donors (Lipinski definition) is 2. The first-order chi connectivity index (χ1) is 9.20. The number of para-hydroxylation sites is 2. The molecule has 19 heavy (non-hydrogen) atoms. The average molecular weight is 263 g/mol. The summed E-state index contributed by atoms with van der Waals surface area (Å²) in [7, 11) is 1.50. The normalized spacial score (nSPS) is 12.5. The number of ether oxygens (including phenoxy) is 1. The number of hydrogen-bond acceptors (Lipinski definition) is 4. The van der Waals surface area contributed by atoms with Crippen molar-refractivity contribution in [3.8, 4) is 0 Å². The van der Waals surface area contributed by atoms with Gasteiger partial charge in [-0.15, -0.1) is 0 Å². The largest absolute Gasteiger partial charge is 0.389 e. The molecule has 0 radical (unpaired) electrons. The van der Waals surface area contributed by atoms with E-state index in [1.807, 2.05) is 24.3 Å². The first kappa shape index (κ1) is 13.5. The molecule has 2 N–H and O–H groups in total. The Bertz CT molecular complexity index is 553. The summed E-state index contributed by atoms with van der Waals surface area (Å²) in [6.07, 6.45) is 0.948. The van der Waals surface area contributed by atoms with Crippen molar-refractivity contribution in [3.05, 3.63) is 30.6 Å². The number of imidazole rings is 1. The van der Waals surface area contributed by atoms with Gasteiger partial charge in [0.25, 0.3) is 0 Å². The van der Waals surface area contributed by atoms with Crippen LogP contribution < -0.4 is 5.32 Å². The van der Waals surface area contributed by atoms with Gasteiger partial charge in [-0.05, 0) is 12.1 Å².